The molecule has 2 aliphatic rings. The van der Waals surface area contributed by atoms with Crippen LogP contribution in [-0.2, 0) is 9.59 Å². The smallest absolute Gasteiger partial charge is 0.231 e. The summed E-state index contributed by atoms with van der Waals surface area (Å²) in [7, 11) is 0. The van der Waals surface area contributed by atoms with Crippen LogP contribution in [0.3, 0.4) is 0 Å². The molecule has 1 aromatic carbocycles. The molecule has 0 radical (unpaired) electrons. The average molecular weight is 394 g/mol. The van der Waals surface area contributed by atoms with E-state index in [1.807, 2.05) is 34.1 Å². The largest absolute Gasteiger partial charge is 0.493 e. The second kappa shape index (κ2) is 9.42. The molecule has 0 saturated carbocycles. The van der Waals surface area contributed by atoms with Gasteiger partial charge in [0.25, 0.3) is 0 Å². The van der Waals surface area contributed by atoms with Crippen LogP contribution in [0, 0.1) is 11.8 Å². The van der Waals surface area contributed by atoms with E-state index in [4.69, 9.17) is 22.1 Å². The number of rotatable bonds is 6. The van der Waals surface area contributed by atoms with Gasteiger partial charge in [-0.25, -0.2) is 0 Å². The molecule has 2 fully saturated rings. The molecule has 7 heteroatoms. The van der Waals surface area contributed by atoms with Crippen LogP contribution < -0.4 is 10.5 Å². The van der Waals surface area contributed by atoms with Gasteiger partial charge in [0.1, 0.15) is 5.75 Å². The van der Waals surface area contributed by atoms with E-state index in [2.05, 4.69) is 0 Å². The molecule has 2 aliphatic heterocycles. The molecule has 1 aromatic rings. The second-order valence-electron chi connectivity index (χ2n) is 7.57. The summed E-state index contributed by atoms with van der Waals surface area (Å²) >= 11 is 5.89. The van der Waals surface area contributed by atoms with E-state index in [-0.39, 0.29) is 24.3 Å². The van der Waals surface area contributed by atoms with Crippen molar-refractivity contribution in [1.29, 1.82) is 0 Å². The third kappa shape index (κ3) is 5.84. The van der Waals surface area contributed by atoms with Gasteiger partial charge in [-0.1, -0.05) is 11.6 Å². The average Bonchev–Trinajstić information content (AvgIpc) is 2.67. The minimum absolute atomic E-state index is 0.0139. The Kier molecular flexibility index (Phi) is 6.96. The summed E-state index contributed by atoms with van der Waals surface area (Å²) in [6.07, 6.45) is 3.75. The Balaban J connectivity index is 1.42. The van der Waals surface area contributed by atoms with Gasteiger partial charge in [-0.3, -0.25) is 14.5 Å². The van der Waals surface area contributed by atoms with Crippen molar-refractivity contribution in [1.82, 2.24) is 9.80 Å². The fourth-order valence-electron chi connectivity index (χ4n) is 3.94. The molecule has 3 rings (SSSR count). The molecule has 6 nitrogen and oxygen atoms in total. The Morgan fingerprint density at radius 2 is 1.81 bits per heavy atom. The summed E-state index contributed by atoms with van der Waals surface area (Å²) in [6.45, 7) is 3.95. The lowest BCUT2D eigenvalue weighted by Gasteiger charge is -2.37. The lowest BCUT2D eigenvalue weighted by molar-refractivity contribution is -0.139. The summed E-state index contributed by atoms with van der Waals surface area (Å²) in [4.78, 5) is 28.0. The third-order valence-electron chi connectivity index (χ3n) is 5.46. The number of nitrogens with zero attached hydrogens (tertiary/aromatic N) is 2. The zero-order valence-corrected chi connectivity index (χ0v) is 16.4. The van der Waals surface area contributed by atoms with Gasteiger partial charge in [-0.05, 0) is 62.4 Å². The maximum Gasteiger partial charge on any atom is 0.231 e. The van der Waals surface area contributed by atoms with Crippen molar-refractivity contribution in [2.24, 2.45) is 17.6 Å². The Morgan fingerprint density at radius 1 is 1.11 bits per heavy atom. The zero-order valence-electron chi connectivity index (χ0n) is 15.6. The monoisotopic (exact) mass is 393 g/mol. The topological polar surface area (TPSA) is 75.9 Å². The first kappa shape index (κ1) is 20.0. The summed E-state index contributed by atoms with van der Waals surface area (Å²) in [5, 5.41) is 0.700. The molecule has 0 aromatic heterocycles. The van der Waals surface area contributed by atoms with Crippen LogP contribution in [0.15, 0.2) is 24.3 Å². The standard InChI is InChI=1S/C20H28ClN3O3/c21-17-3-5-18(6-4-17)27-14-15-7-10-24(11-8-15)20(26)16-2-1-9-23(12-16)13-19(22)25/h3-6,15-16H,1-2,7-14H2,(H2,22,25)/t16-/m0/s1. The van der Waals surface area contributed by atoms with Gasteiger partial charge in [0.15, 0.2) is 0 Å². The highest BCUT2D eigenvalue weighted by atomic mass is 35.5. The van der Waals surface area contributed by atoms with Gasteiger partial charge in [-0.15, -0.1) is 0 Å². The highest BCUT2D eigenvalue weighted by molar-refractivity contribution is 6.30. The Morgan fingerprint density at radius 3 is 2.48 bits per heavy atom. The lowest BCUT2D eigenvalue weighted by atomic mass is 9.93. The van der Waals surface area contributed by atoms with Crippen LogP contribution in [0.25, 0.3) is 0 Å². The molecule has 0 spiro atoms. The van der Waals surface area contributed by atoms with E-state index < -0.39 is 0 Å². The molecule has 1 atom stereocenters. The van der Waals surface area contributed by atoms with Gasteiger partial charge < -0.3 is 15.4 Å². The van der Waals surface area contributed by atoms with Crippen molar-refractivity contribution in [3.63, 3.8) is 0 Å². The van der Waals surface area contributed by atoms with Crippen LogP contribution in [0.4, 0.5) is 0 Å². The molecule has 2 amide bonds. The van der Waals surface area contributed by atoms with Gasteiger partial charge in [0.05, 0.1) is 19.1 Å². The highest BCUT2D eigenvalue weighted by Crippen LogP contribution is 2.24. The zero-order chi connectivity index (χ0) is 19.2. The predicted octanol–water partition coefficient (Wildman–Crippen LogP) is 2.15. The first-order chi connectivity index (χ1) is 13.0. The minimum atomic E-state index is -0.329. The van der Waals surface area contributed by atoms with Crippen molar-refractivity contribution in [3.8, 4) is 5.75 Å². The fraction of sp³-hybridized carbons (Fsp3) is 0.600. The first-order valence-electron chi connectivity index (χ1n) is 9.69. The minimum Gasteiger partial charge on any atom is -0.493 e. The number of benzene rings is 1. The summed E-state index contributed by atoms with van der Waals surface area (Å²) in [5.74, 6) is 1.17. The Hall–Kier alpha value is -1.79. The van der Waals surface area contributed by atoms with E-state index in [1.165, 1.54) is 0 Å². The number of carbonyl (C=O) groups excluding carboxylic acids is 2. The van der Waals surface area contributed by atoms with Crippen LogP contribution in [0.2, 0.25) is 5.02 Å². The number of carbonyl (C=O) groups is 2. The molecule has 2 N–H and O–H groups in total. The van der Waals surface area contributed by atoms with E-state index in [9.17, 15) is 9.59 Å². The molecule has 148 valence electrons. The molecule has 27 heavy (non-hydrogen) atoms. The maximum atomic E-state index is 12.8. The highest BCUT2D eigenvalue weighted by Gasteiger charge is 2.31. The number of nitrogens with two attached hydrogens (primary N) is 1. The number of piperidine rings is 2. The van der Waals surface area contributed by atoms with Gasteiger partial charge in [0.2, 0.25) is 11.8 Å². The number of amides is 2. The number of hydrogen-bond acceptors (Lipinski definition) is 4. The van der Waals surface area contributed by atoms with Gasteiger partial charge in [-0.2, -0.15) is 0 Å². The van der Waals surface area contributed by atoms with Crippen LogP contribution in [0.5, 0.6) is 5.75 Å². The predicted molar refractivity (Wildman–Crippen MR) is 105 cm³/mol. The van der Waals surface area contributed by atoms with E-state index in [1.54, 1.807) is 0 Å². The molecule has 2 heterocycles. The van der Waals surface area contributed by atoms with Crippen molar-refractivity contribution in [3.05, 3.63) is 29.3 Å². The lowest BCUT2D eigenvalue weighted by Crippen LogP contribution is -2.49. The van der Waals surface area contributed by atoms with E-state index in [0.717, 1.165) is 51.1 Å². The molecular weight excluding hydrogens is 366 g/mol. The molecule has 0 bridgehead atoms. The number of primary amides is 1. The van der Waals surface area contributed by atoms with Crippen molar-refractivity contribution < 1.29 is 14.3 Å². The first-order valence-corrected chi connectivity index (χ1v) is 10.1. The molecular formula is C20H28ClN3O3. The van der Waals surface area contributed by atoms with Crippen LogP contribution in [-0.4, -0.2) is 60.9 Å². The quantitative estimate of drug-likeness (QED) is 0.803. The second-order valence-corrected chi connectivity index (χ2v) is 8.01. The summed E-state index contributed by atoms with van der Waals surface area (Å²) in [5.41, 5.74) is 5.29. The number of hydrogen-bond donors (Lipinski definition) is 1. The van der Waals surface area contributed by atoms with Crippen molar-refractivity contribution in [2.45, 2.75) is 25.7 Å². The van der Waals surface area contributed by atoms with Gasteiger partial charge in [0, 0.05) is 24.7 Å². The van der Waals surface area contributed by atoms with Crippen molar-refractivity contribution >= 4 is 23.4 Å². The Bertz CT molecular complexity index is 644. The third-order valence-corrected chi connectivity index (χ3v) is 5.71. The Labute approximate surface area is 165 Å². The molecule has 0 aliphatic carbocycles. The number of halogens is 1. The molecule has 0 unspecified atom stereocenters. The number of ether oxygens (including phenoxy) is 1. The molecule has 2 saturated heterocycles. The normalized spacial score (nSPS) is 21.8. The SMILES string of the molecule is NC(=O)CN1CCC[C@H](C(=O)N2CCC(COc3ccc(Cl)cc3)CC2)C1. The van der Waals surface area contributed by atoms with Crippen molar-refractivity contribution in [2.75, 3.05) is 39.3 Å². The van der Waals surface area contributed by atoms with Gasteiger partial charge >= 0.3 is 0 Å². The maximum absolute atomic E-state index is 12.8. The summed E-state index contributed by atoms with van der Waals surface area (Å²) in [6, 6.07) is 7.40. The van der Waals surface area contributed by atoms with Crippen LogP contribution in [0.1, 0.15) is 25.7 Å². The number of likely N-dealkylation sites (tertiary alicyclic amines) is 2. The van der Waals surface area contributed by atoms with Crippen LogP contribution >= 0.6 is 11.6 Å². The fourth-order valence-corrected chi connectivity index (χ4v) is 4.07. The summed E-state index contributed by atoms with van der Waals surface area (Å²) < 4.78 is 5.85. The van der Waals surface area contributed by atoms with E-state index in [0.29, 0.717) is 24.1 Å². The van der Waals surface area contributed by atoms with E-state index >= 15 is 0 Å².